The van der Waals surface area contributed by atoms with Crippen LogP contribution in [-0.2, 0) is 0 Å². The van der Waals surface area contributed by atoms with Crippen LogP contribution in [0.2, 0.25) is 0 Å². The lowest BCUT2D eigenvalue weighted by atomic mass is 9.98. The van der Waals surface area contributed by atoms with Crippen molar-refractivity contribution in [3.63, 3.8) is 0 Å². The molecule has 0 heterocycles. The van der Waals surface area contributed by atoms with Crippen molar-refractivity contribution in [3.8, 4) is 11.8 Å². The van der Waals surface area contributed by atoms with Crippen molar-refractivity contribution < 1.29 is 9.53 Å². The van der Waals surface area contributed by atoms with Gasteiger partial charge in [-0.05, 0) is 23.6 Å². The number of nitrogens with zero attached hydrogens (tertiary/aromatic N) is 1. The minimum Gasteiger partial charge on any atom is -0.496 e. The zero-order chi connectivity index (χ0) is 12.1. The summed E-state index contributed by atoms with van der Waals surface area (Å²) >= 11 is 0. The van der Waals surface area contributed by atoms with Crippen LogP contribution in [-0.4, -0.2) is 12.9 Å². The molecule has 0 bridgehead atoms. The molecule has 0 saturated heterocycles. The van der Waals surface area contributed by atoms with E-state index in [1.54, 1.807) is 6.07 Å². The molecule has 0 aliphatic carbocycles. The van der Waals surface area contributed by atoms with Crippen LogP contribution < -0.4 is 4.74 Å². The number of nitriles is 1. The molecular weight excluding hydrogens is 202 g/mol. The third kappa shape index (κ3) is 2.60. The standard InChI is InChI=1S/C13H15NO2/c1-9(2)10-4-5-13(16-3)11(8-10)12(15)6-7-14/h4-5,8-9H,6H2,1-3H3. The lowest BCUT2D eigenvalue weighted by Gasteiger charge is -2.10. The van der Waals surface area contributed by atoms with Crippen molar-refractivity contribution in [2.75, 3.05) is 7.11 Å². The van der Waals surface area contributed by atoms with E-state index in [0.717, 1.165) is 5.56 Å². The topological polar surface area (TPSA) is 50.1 Å². The molecule has 0 aliphatic heterocycles. The van der Waals surface area contributed by atoms with Gasteiger partial charge in [0.15, 0.2) is 5.78 Å². The zero-order valence-corrected chi connectivity index (χ0v) is 9.78. The van der Waals surface area contributed by atoms with Gasteiger partial charge in [0.1, 0.15) is 5.75 Å². The van der Waals surface area contributed by atoms with Crippen molar-refractivity contribution in [1.29, 1.82) is 5.26 Å². The summed E-state index contributed by atoms with van der Waals surface area (Å²) in [6, 6.07) is 7.38. The largest absolute Gasteiger partial charge is 0.496 e. The average Bonchev–Trinajstić information content (AvgIpc) is 2.28. The van der Waals surface area contributed by atoms with Crippen LogP contribution in [0.4, 0.5) is 0 Å². The summed E-state index contributed by atoms with van der Waals surface area (Å²) < 4.78 is 5.12. The lowest BCUT2D eigenvalue weighted by Crippen LogP contribution is -2.03. The maximum atomic E-state index is 11.7. The number of carbonyl (C=O) groups is 1. The van der Waals surface area contributed by atoms with Gasteiger partial charge >= 0.3 is 0 Å². The van der Waals surface area contributed by atoms with Crippen molar-refractivity contribution in [2.45, 2.75) is 26.2 Å². The van der Waals surface area contributed by atoms with Crippen molar-refractivity contribution in [3.05, 3.63) is 29.3 Å². The fourth-order valence-corrected chi connectivity index (χ4v) is 1.47. The highest BCUT2D eigenvalue weighted by molar-refractivity contribution is 6.00. The van der Waals surface area contributed by atoms with E-state index >= 15 is 0 Å². The summed E-state index contributed by atoms with van der Waals surface area (Å²) in [6.07, 6.45) is -0.113. The third-order valence-corrected chi connectivity index (χ3v) is 2.43. The number of hydrogen-bond acceptors (Lipinski definition) is 3. The molecule has 0 atom stereocenters. The number of benzene rings is 1. The van der Waals surface area contributed by atoms with Gasteiger partial charge in [-0.3, -0.25) is 4.79 Å². The molecule has 3 heteroatoms. The fraction of sp³-hybridized carbons (Fsp3) is 0.385. The Hall–Kier alpha value is -1.82. The van der Waals surface area contributed by atoms with Crippen LogP contribution in [0.25, 0.3) is 0 Å². The van der Waals surface area contributed by atoms with Gasteiger partial charge in [0, 0.05) is 0 Å². The summed E-state index contributed by atoms with van der Waals surface area (Å²) in [5, 5.41) is 8.53. The monoisotopic (exact) mass is 217 g/mol. The Morgan fingerprint density at radius 2 is 2.19 bits per heavy atom. The molecule has 0 amide bonds. The van der Waals surface area contributed by atoms with Crippen molar-refractivity contribution in [1.82, 2.24) is 0 Å². The predicted molar refractivity (Wildman–Crippen MR) is 61.6 cm³/mol. The Morgan fingerprint density at radius 3 is 2.69 bits per heavy atom. The van der Waals surface area contributed by atoms with E-state index in [0.29, 0.717) is 17.2 Å². The minimum absolute atomic E-state index is 0.113. The average molecular weight is 217 g/mol. The first-order chi connectivity index (χ1) is 7.60. The highest BCUT2D eigenvalue weighted by Crippen LogP contribution is 2.25. The Labute approximate surface area is 95.7 Å². The van der Waals surface area contributed by atoms with E-state index in [2.05, 4.69) is 13.8 Å². The number of rotatable bonds is 4. The van der Waals surface area contributed by atoms with Crippen molar-refractivity contribution >= 4 is 5.78 Å². The SMILES string of the molecule is COc1ccc(C(C)C)cc1C(=O)CC#N. The number of ether oxygens (including phenoxy) is 1. The van der Waals surface area contributed by atoms with Crippen LogP contribution in [0.1, 0.15) is 42.1 Å². The molecule has 0 N–H and O–H groups in total. The number of hydrogen-bond donors (Lipinski definition) is 0. The van der Waals surface area contributed by atoms with Gasteiger partial charge in [-0.15, -0.1) is 0 Å². The molecule has 0 saturated carbocycles. The van der Waals surface area contributed by atoms with Gasteiger partial charge in [0.2, 0.25) is 0 Å². The fourth-order valence-electron chi connectivity index (χ4n) is 1.47. The molecule has 1 rings (SSSR count). The predicted octanol–water partition coefficient (Wildman–Crippen LogP) is 2.91. The van der Waals surface area contributed by atoms with Gasteiger partial charge in [-0.25, -0.2) is 0 Å². The molecule has 0 aliphatic rings. The van der Waals surface area contributed by atoms with Crippen LogP contribution in [0.15, 0.2) is 18.2 Å². The maximum Gasteiger partial charge on any atom is 0.180 e. The molecule has 1 aromatic rings. The normalized spacial score (nSPS) is 9.94. The molecule has 84 valence electrons. The summed E-state index contributed by atoms with van der Waals surface area (Å²) in [5.41, 5.74) is 1.57. The van der Waals surface area contributed by atoms with E-state index in [-0.39, 0.29) is 12.2 Å². The van der Waals surface area contributed by atoms with E-state index in [9.17, 15) is 4.79 Å². The molecule has 0 fully saturated rings. The lowest BCUT2D eigenvalue weighted by molar-refractivity contribution is 0.0994. The molecule has 16 heavy (non-hydrogen) atoms. The quantitative estimate of drug-likeness (QED) is 0.728. The Kier molecular flexibility index (Phi) is 4.07. The number of ketones is 1. The van der Waals surface area contributed by atoms with E-state index < -0.39 is 0 Å². The summed E-state index contributed by atoms with van der Waals surface area (Å²) in [4.78, 5) is 11.7. The third-order valence-electron chi connectivity index (χ3n) is 2.43. The Balaban J connectivity index is 3.17. The first-order valence-corrected chi connectivity index (χ1v) is 5.18. The summed E-state index contributed by atoms with van der Waals surface area (Å²) in [5.74, 6) is 0.686. The second kappa shape index (κ2) is 5.32. The van der Waals surface area contributed by atoms with E-state index in [4.69, 9.17) is 10.00 Å². The molecule has 0 aromatic heterocycles. The number of carbonyl (C=O) groups excluding carboxylic acids is 1. The second-order valence-corrected chi connectivity index (χ2v) is 3.87. The molecule has 0 unspecified atom stereocenters. The van der Waals surface area contributed by atoms with Gasteiger partial charge in [0.05, 0.1) is 25.2 Å². The summed E-state index contributed by atoms with van der Waals surface area (Å²) in [7, 11) is 1.52. The molecule has 1 aromatic carbocycles. The molecular formula is C13H15NO2. The number of Topliss-reactive ketones (excluding diaryl/α,β-unsaturated/α-hetero) is 1. The number of methoxy groups -OCH3 is 1. The highest BCUT2D eigenvalue weighted by atomic mass is 16.5. The van der Waals surface area contributed by atoms with Gasteiger partial charge in [-0.2, -0.15) is 5.26 Å². The smallest absolute Gasteiger partial charge is 0.180 e. The second-order valence-electron chi connectivity index (χ2n) is 3.87. The highest BCUT2D eigenvalue weighted by Gasteiger charge is 2.13. The van der Waals surface area contributed by atoms with Crippen LogP contribution in [0, 0.1) is 11.3 Å². The van der Waals surface area contributed by atoms with Gasteiger partial charge in [0.25, 0.3) is 0 Å². The van der Waals surface area contributed by atoms with Crippen LogP contribution in [0.5, 0.6) is 5.75 Å². The van der Waals surface area contributed by atoms with Gasteiger partial charge in [-0.1, -0.05) is 19.9 Å². The molecule has 0 spiro atoms. The molecule has 3 nitrogen and oxygen atoms in total. The summed E-state index contributed by atoms with van der Waals surface area (Å²) in [6.45, 7) is 4.11. The first-order valence-electron chi connectivity index (χ1n) is 5.18. The van der Waals surface area contributed by atoms with Crippen molar-refractivity contribution in [2.24, 2.45) is 0 Å². The molecule has 0 radical (unpaired) electrons. The Bertz CT molecular complexity index is 430. The Morgan fingerprint density at radius 1 is 1.50 bits per heavy atom. The first kappa shape index (κ1) is 12.3. The minimum atomic E-state index is -0.193. The zero-order valence-electron chi connectivity index (χ0n) is 9.78. The van der Waals surface area contributed by atoms with Crippen LogP contribution >= 0.6 is 0 Å². The maximum absolute atomic E-state index is 11.7. The van der Waals surface area contributed by atoms with E-state index in [1.165, 1.54) is 7.11 Å². The van der Waals surface area contributed by atoms with Gasteiger partial charge < -0.3 is 4.74 Å². The van der Waals surface area contributed by atoms with Crippen LogP contribution in [0.3, 0.4) is 0 Å². The van der Waals surface area contributed by atoms with E-state index in [1.807, 2.05) is 18.2 Å².